The van der Waals surface area contributed by atoms with Crippen LogP contribution in [0.4, 0.5) is 0 Å². The van der Waals surface area contributed by atoms with Crippen LogP contribution in [0.3, 0.4) is 0 Å². The van der Waals surface area contributed by atoms with Crippen LogP contribution in [-0.4, -0.2) is 16.3 Å². The molecule has 2 N–H and O–H groups in total. The molecule has 0 aliphatic heterocycles. The fourth-order valence-corrected chi connectivity index (χ4v) is 2.68. The molecule has 0 amide bonds. The Kier molecular flexibility index (Phi) is 4.30. The predicted octanol–water partition coefficient (Wildman–Crippen LogP) is 3.97. The molecule has 3 heteroatoms. The van der Waals surface area contributed by atoms with Gasteiger partial charge in [0.1, 0.15) is 0 Å². The average molecular weight is 305 g/mol. The normalized spacial score (nSPS) is 11.0. The lowest BCUT2D eigenvalue weighted by Crippen LogP contribution is -2.04. The van der Waals surface area contributed by atoms with Gasteiger partial charge in [-0.15, -0.1) is 0 Å². The molecule has 0 saturated heterocycles. The van der Waals surface area contributed by atoms with Crippen LogP contribution in [-0.2, 0) is 6.42 Å². The Morgan fingerprint density at radius 2 is 1.65 bits per heavy atom. The van der Waals surface area contributed by atoms with Crippen LogP contribution in [0.1, 0.15) is 22.4 Å². The van der Waals surface area contributed by atoms with Crippen molar-refractivity contribution in [1.82, 2.24) is 9.78 Å². The lowest BCUT2D eigenvalue weighted by atomic mass is 10.1. The van der Waals surface area contributed by atoms with E-state index in [2.05, 4.69) is 69.3 Å². The van der Waals surface area contributed by atoms with Crippen LogP contribution in [0.25, 0.3) is 16.9 Å². The van der Waals surface area contributed by atoms with E-state index in [9.17, 15) is 0 Å². The van der Waals surface area contributed by atoms with Crippen LogP contribution in [0.5, 0.6) is 0 Å². The molecule has 2 aromatic carbocycles. The molecule has 23 heavy (non-hydrogen) atoms. The highest BCUT2D eigenvalue weighted by Crippen LogP contribution is 2.25. The first-order valence-corrected chi connectivity index (χ1v) is 8.02. The van der Waals surface area contributed by atoms with Crippen molar-refractivity contribution in [3.8, 4) is 16.9 Å². The maximum absolute atomic E-state index is 5.71. The van der Waals surface area contributed by atoms with Gasteiger partial charge in [0.15, 0.2) is 0 Å². The zero-order chi connectivity index (χ0) is 16.4. The first-order chi connectivity index (χ1) is 11.1. The van der Waals surface area contributed by atoms with Crippen molar-refractivity contribution in [1.29, 1.82) is 0 Å². The summed E-state index contributed by atoms with van der Waals surface area (Å²) in [5, 5.41) is 4.78. The minimum absolute atomic E-state index is 0.608. The summed E-state index contributed by atoms with van der Waals surface area (Å²) in [7, 11) is 0. The summed E-state index contributed by atoms with van der Waals surface area (Å²) in [6.07, 6.45) is 0.788. The summed E-state index contributed by atoms with van der Waals surface area (Å²) >= 11 is 0. The maximum atomic E-state index is 5.71. The fourth-order valence-electron chi connectivity index (χ4n) is 2.68. The van der Waals surface area contributed by atoms with E-state index in [0.29, 0.717) is 6.54 Å². The van der Waals surface area contributed by atoms with Gasteiger partial charge in [-0.05, 0) is 56.6 Å². The Bertz CT molecular complexity index is 813. The molecule has 118 valence electrons. The third-order valence-electron chi connectivity index (χ3n) is 4.24. The maximum Gasteiger partial charge on any atom is 0.0743 e. The Morgan fingerprint density at radius 3 is 2.30 bits per heavy atom. The molecule has 0 radical (unpaired) electrons. The molecule has 0 unspecified atom stereocenters. The molecule has 0 spiro atoms. The quantitative estimate of drug-likeness (QED) is 0.792. The van der Waals surface area contributed by atoms with Crippen LogP contribution in [0.2, 0.25) is 0 Å². The van der Waals surface area contributed by atoms with E-state index in [1.807, 2.05) is 4.68 Å². The topological polar surface area (TPSA) is 43.8 Å². The molecular weight excluding hydrogens is 282 g/mol. The molecule has 1 heterocycles. The Morgan fingerprint density at radius 1 is 0.913 bits per heavy atom. The second-order valence-corrected chi connectivity index (χ2v) is 6.11. The van der Waals surface area contributed by atoms with Crippen molar-refractivity contribution >= 4 is 0 Å². The standard InChI is InChI=1S/C20H23N3/c1-14-4-7-17(8-5-14)20-13-18(10-11-21)22-23(20)19-9-6-15(2)16(3)12-19/h4-9,12-13H,10-11,21H2,1-3H3. The lowest BCUT2D eigenvalue weighted by molar-refractivity contribution is 0.824. The molecule has 0 aliphatic carbocycles. The lowest BCUT2D eigenvalue weighted by Gasteiger charge is -2.10. The predicted molar refractivity (Wildman–Crippen MR) is 96.0 cm³/mol. The van der Waals surface area contributed by atoms with Gasteiger partial charge in [-0.1, -0.05) is 35.9 Å². The van der Waals surface area contributed by atoms with Crippen LogP contribution < -0.4 is 5.73 Å². The minimum atomic E-state index is 0.608. The molecular formula is C20H23N3. The van der Waals surface area contributed by atoms with E-state index in [-0.39, 0.29) is 0 Å². The van der Waals surface area contributed by atoms with E-state index < -0.39 is 0 Å². The van der Waals surface area contributed by atoms with Gasteiger partial charge in [-0.3, -0.25) is 0 Å². The van der Waals surface area contributed by atoms with E-state index in [1.165, 1.54) is 22.3 Å². The SMILES string of the molecule is Cc1ccc(-c2cc(CCN)nn2-c2ccc(C)c(C)c2)cc1. The zero-order valence-corrected chi connectivity index (χ0v) is 14.0. The molecule has 1 aromatic heterocycles. The Balaban J connectivity index is 2.14. The molecule has 0 aliphatic rings. The molecule has 3 aromatic rings. The van der Waals surface area contributed by atoms with Crippen molar-refractivity contribution < 1.29 is 0 Å². The number of aryl methyl sites for hydroxylation is 3. The molecule has 0 saturated carbocycles. The first kappa shape index (κ1) is 15.5. The summed E-state index contributed by atoms with van der Waals surface area (Å²) < 4.78 is 2.03. The Hall–Kier alpha value is -2.39. The molecule has 0 fully saturated rings. The van der Waals surface area contributed by atoms with E-state index in [1.54, 1.807) is 0 Å². The number of aromatic nitrogens is 2. The number of hydrogen-bond acceptors (Lipinski definition) is 2. The van der Waals surface area contributed by atoms with Gasteiger partial charge in [-0.2, -0.15) is 5.10 Å². The number of rotatable bonds is 4. The monoisotopic (exact) mass is 305 g/mol. The number of nitrogens with two attached hydrogens (primary N) is 1. The summed E-state index contributed by atoms with van der Waals surface area (Å²) in [6.45, 7) is 6.97. The summed E-state index contributed by atoms with van der Waals surface area (Å²) in [5.41, 5.74) is 13.9. The highest BCUT2D eigenvalue weighted by molar-refractivity contribution is 5.63. The van der Waals surface area contributed by atoms with Crippen LogP contribution >= 0.6 is 0 Å². The molecule has 3 nitrogen and oxygen atoms in total. The summed E-state index contributed by atoms with van der Waals surface area (Å²) in [5.74, 6) is 0. The minimum Gasteiger partial charge on any atom is -0.330 e. The van der Waals surface area contributed by atoms with E-state index in [4.69, 9.17) is 10.8 Å². The third kappa shape index (κ3) is 3.20. The largest absolute Gasteiger partial charge is 0.330 e. The van der Waals surface area contributed by atoms with Crippen molar-refractivity contribution in [2.45, 2.75) is 27.2 Å². The average Bonchev–Trinajstić information content (AvgIpc) is 2.95. The highest BCUT2D eigenvalue weighted by Gasteiger charge is 2.12. The van der Waals surface area contributed by atoms with Crippen LogP contribution in [0, 0.1) is 20.8 Å². The summed E-state index contributed by atoms with van der Waals surface area (Å²) in [4.78, 5) is 0. The highest BCUT2D eigenvalue weighted by atomic mass is 15.3. The summed E-state index contributed by atoms with van der Waals surface area (Å²) in [6, 6.07) is 17.2. The second kappa shape index (κ2) is 6.39. The van der Waals surface area contributed by atoms with Crippen LogP contribution in [0.15, 0.2) is 48.5 Å². The number of hydrogen-bond donors (Lipinski definition) is 1. The Labute approximate surface area is 137 Å². The number of benzene rings is 2. The van der Waals surface area contributed by atoms with Gasteiger partial charge < -0.3 is 5.73 Å². The van der Waals surface area contributed by atoms with Gasteiger partial charge in [-0.25, -0.2) is 4.68 Å². The molecule has 3 rings (SSSR count). The van der Waals surface area contributed by atoms with Crippen molar-refractivity contribution in [3.05, 3.63) is 70.9 Å². The van der Waals surface area contributed by atoms with Gasteiger partial charge >= 0.3 is 0 Å². The number of nitrogens with zero attached hydrogens (tertiary/aromatic N) is 2. The third-order valence-corrected chi connectivity index (χ3v) is 4.24. The first-order valence-electron chi connectivity index (χ1n) is 8.02. The van der Waals surface area contributed by atoms with E-state index in [0.717, 1.165) is 23.5 Å². The smallest absolute Gasteiger partial charge is 0.0743 e. The van der Waals surface area contributed by atoms with Gasteiger partial charge in [0.05, 0.1) is 17.1 Å². The van der Waals surface area contributed by atoms with Crippen molar-refractivity contribution in [2.24, 2.45) is 5.73 Å². The van der Waals surface area contributed by atoms with E-state index >= 15 is 0 Å². The molecule has 0 bridgehead atoms. The second-order valence-electron chi connectivity index (χ2n) is 6.11. The zero-order valence-electron chi connectivity index (χ0n) is 14.0. The van der Waals surface area contributed by atoms with Gasteiger partial charge in [0.25, 0.3) is 0 Å². The van der Waals surface area contributed by atoms with Crippen molar-refractivity contribution in [2.75, 3.05) is 6.54 Å². The van der Waals surface area contributed by atoms with Gasteiger partial charge in [0, 0.05) is 12.0 Å². The fraction of sp³-hybridized carbons (Fsp3) is 0.250. The molecule has 0 atom stereocenters. The van der Waals surface area contributed by atoms with Gasteiger partial charge in [0.2, 0.25) is 0 Å². The van der Waals surface area contributed by atoms with Crippen molar-refractivity contribution in [3.63, 3.8) is 0 Å².